The van der Waals surface area contributed by atoms with E-state index in [1.165, 1.54) is 19.1 Å². The van der Waals surface area contributed by atoms with E-state index in [1.807, 2.05) is 0 Å². The minimum absolute atomic E-state index is 0.0257. The smallest absolute Gasteiger partial charge is 0.254 e. The fraction of sp³-hybridized carbons (Fsp3) is 0.273. The molecule has 2 amide bonds. The van der Waals surface area contributed by atoms with Gasteiger partial charge in [0.15, 0.2) is 0 Å². The minimum atomic E-state index is -0.593. The van der Waals surface area contributed by atoms with Crippen molar-refractivity contribution in [2.24, 2.45) is 0 Å². The molecule has 0 aromatic heterocycles. The average molecular weight is 303 g/mol. The third kappa shape index (κ3) is 4.14. The molecule has 17 heavy (non-hydrogen) atoms. The summed E-state index contributed by atoms with van der Waals surface area (Å²) in [4.78, 5) is 22.1. The first-order valence-corrected chi connectivity index (χ1v) is 5.78. The molecule has 92 valence electrons. The fourth-order valence-corrected chi connectivity index (χ4v) is 1.56. The third-order valence-electron chi connectivity index (χ3n) is 1.98. The zero-order valence-corrected chi connectivity index (χ0v) is 10.8. The van der Waals surface area contributed by atoms with Crippen molar-refractivity contribution in [3.05, 3.63) is 34.1 Å². The number of halogens is 2. The second kappa shape index (κ2) is 6.34. The van der Waals surface area contributed by atoms with E-state index in [2.05, 4.69) is 26.6 Å². The van der Waals surface area contributed by atoms with Gasteiger partial charge in [-0.15, -0.1) is 0 Å². The van der Waals surface area contributed by atoms with Gasteiger partial charge in [-0.05, 0) is 28.1 Å². The molecule has 2 N–H and O–H groups in total. The van der Waals surface area contributed by atoms with E-state index in [1.54, 1.807) is 6.07 Å². The van der Waals surface area contributed by atoms with Crippen LogP contribution in [0.15, 0.2) is 22.7 Å². The minimum Gasteiger partial charge on any atom is -0.355 e. The molecule has 6 heteroatoms. The summed E-state index contributed by atoms with van der Waals surface area (Å²) in [5, 5.41) is 5.03. The first-order chi connectivity index (χ1) is 8.02. The SMILES string of the molecule is CC(=O)NCCNC(=O)c1cccc(Br)c1F. The Labute approximate surface area is 107 Å². The van der Waals surface area contributed by atoms with Crippen LogP contribution in [0, 0.1) is 5.82 Å². The first-order valence-electron chi connectivity index (χ1n) is 4.99. The van der Waals surface area contributed by atoms with Gasteiger partial charge >= 0.3 is 0 Å². The number of carbonyl (C=O) groups is 2. The van der Waals surface area contributed by atoms with Gasteiger partial charge in [-0.3, -0.25) is 9.59 Å². The van der Waals surface area contributed by atoms with Crippen LogP contribution in [0.2, 0.25) is 0 Å². The van der Waals surface area contributed by atoms with Gasteiger partial charge in [-0.1, -0.05) is 6.07 Å². The molecular weight excluding hydrogens is 291 g/mol. The van der Waals surface area contributed by atoms with Crippen LogP contribution in [0.5, 0.6) is 0 Å². The summed E-state index contributed by atoms with van der Waals surface area (Å²) < 4.78 is 13.8. The van der Waals surface area contributed by atoms with E-state index in [-0.39, 0.29) is 22.5 Å². The van der Waals surface area contributed by atoms with Crippen molar-refractivity contribution in [2.75, 3.05) is 13.1 Å². The fourth-order valence-electron chi connectivity index (χ4n) is 1.19. The van der Waals surface area contributed by atoms with Crippen molar-refractivity contribution in [2.45, 2.75) is 6.92 Å². The predicted octanol–water partition coefficient (Wildman–Crippen LogP) is 1.45. The summed E-state index contributed by atoms with van der Waals surface area (Å²) in [7, 11) is 0. The number of benzene rings is 1. The van der Waals surface area contributed by atoms with E-state index in [9.17, 15) is 14.0 Å². The van der Waals surface area contributed by atoms with E-state index in [0.29, 0.717) is 6.54 Å². The van der Waals surface area contributed by atoms with Crippen molar-refractivity contribution in [1.82, 2.24) is 10.6 Å². The van der Waals surface area contributed by atoms with Crippen molar-refractivity contribution in [3.8, 4) is 0 Å². The van der Waals surface area contributed by atoms with E-state index < -0.39 is 11.7 Å². The Bertz CT molecular complexity index is 437. The number of hydrogen-bond acceptors (Lipinski definition) is 2. The van der Waals surface area contributed by atoms with Gasteiger partial charge in [0.25, 0.3) is 5.91 Å². The van der Waals surface area contributed by atoms with Crippen LogP contribution in [-0.4, -0.2) is 24.9 Å². The second-order valence-corrected chi connectivity index (χ2v) is 4.19. The maximum Gasteiger partial charge on any atom is 0.254 e. The van der Waals surface area contributed by atoms with E-state index >= 15 is 0 Å². The highest BCUT2D eigenvalue weighted by Crippen LogP contribution is 2.18. The van der Waals surface area contributed by atoms with Crippen molar-refractivity contribution < 1.29 is 14.0 Å². The van der Waals surface area contributed by atoms with Gasteiger partial charge in [0.1, 0.15) is 5.82 Å². The Hall–Kier alpha value is -1.43. The zero-order chi connectivity index (χ0) is 12.8. The van der Waals surface area contributed by atoms with Gasteiger partial charge in [-0.25, -0.2) is 4.39 Å². The number of rotatable bonds is 4. The molecule has 1 aromatic carbocycles. The molecule has 0 saturated heterocycles. The molecule has 4 nitrogen and oxygen atoms in total. The average Bonchev–Trinajstić information content (AvgIpc) is 2.27. The molecule has 0 bridgehead atoms. The molecule has 0 aliphatic heterocycles. The molecule has 0 atom stereocenters. The quantitative estimate of drug-likeness (QED) is 0.827. The van der Waals surface area contributed by atoms with Crippen molar-refractivity contribution in [1.29, 1.82) is 0 Å². The lowest BCUT2D eigenvalue weighted by molar-refractivity contribution is -0.118. The van der Waals surface area contributed by atoms with E-state index in [4.69, 9.17) is 0 Å². The van der Waals surface area contributed by atoms with Crippen LogP contribution in [0.4, 0.5) is 4.39 Å². The molecule has 0 heterocycles. The molecule has 0 aliphatic rings. The van der Waals surface area contributed by atoms with Gasteiger partial charge in [0, 0.05) is 20.0 Å². The van der Waals surface area contributed by atoms with Crippen LogP contribution in [0.25, 0.3) is 0 Å². The first kappa shape index (κ1) is 13.6. The summed E-state index contributed by atoms with van der Waals surface area (Å²) in [6.45, 7) is 1.96. The number of carbonyl (C=O) groups excluding carboxylic acids is 2. The van der Waals surface area contributed by atoms with Crippen molar-refractivity contribution >= 4 is 27.7 Å². The summed E-state index contributed by atoms with van der Waals surface area (Å²) in [6, 6.07) is 4.49. The molecule has 0 radical (unpaired) electrons. The number of amides is 2. The Morgan fingerprint density at radius 3 is 2.59 bits per heavy atom. The Balaban J connectivity index is 2.53. The van der Waals surface area contributed by atoms with Crippen LogP contribution in [0.3, 0.4) is 0 Å². The van der Waals surface area contributed by atoms with Crippen LogP contribution in [-0.2, 0) is 4.79 Å². The normalized spacial score (nSPS) is 9.82. The molecular formula is C11H12BrFN2O2. The maximum atomic E-state index is 13.5. The molecule has 0 unspecified atom stereocenters. The molecule has 0 aliphatic carbocycles. The topological polar surface area (TPSA) is 58.2 Å². The van der Waals surface area contributed by atoms with Gasteiger partial charge in [-0.2, -0.15) is 0 Å². The lowest BCUT2D eigenvalue weighted by atomic mass is 10.2. The lowest BCUT2D eigenvalue weighted by Gasteiger charge is -2.07. The summed E-state index contributed by atoms with van der Waals surface area (Å²) in [5.41, 5.74) is -0.0257. The summed E-state index contributed by atoms with van der Waals surface area (Å²) >= 11 is 3.00. The second-order valence-electron chi connectivity index (χ2n) is 3.34. The Morgan fingerprint density at radius 1 is 1.29 bits per heavy atom. The summed E-state index contributed by atoms with van der Waals surface area (Å²) in [6.07, 6.45) is 0. The van der Waals surface area contributed by atoms with Gasteiger partial charge in [0.05, 0.1) is 10.0 Å². The zero-order valence-electron chi connectivity index (χ0n) is 9.22. The third-order valence-corrected chi connectivity index (χ3v) is 2.59. The van der Waals surface area contributed by atoms with Gasteiger partial charge < -0.3 is 10.6 Å². The molecule has 0 saturated carbocycles. The highest BCUT2D eigenvalue weighted by Gasteiger charge is 2.12. The standard InChI is InChI=1S/C11H12BrFN2O2/c1-7(16)14-5-6-15-11(17)8-3-2-4-9(12)10(8)13/h2-4H,5-6H2,1H3,(H,14,16)(H,15,17). The lowest BCUT2D eigenvalue weighted by Crippen LogP contribution is -2.34. The Kier molecular flexibility index (Phi) is 5.09. The molecule has 1 aromatic rings. The summed E-state index contributed by atoms with van der Waals surface area (Å²) in [5.74, 6) is -1.27. The Morgan fingerprint density at radius 2 is 1.94 bits per heavy atom. The van der Waals surface area contributed by atoms with Crippen LogP contribution < -0.4 is 10.6 Å². The van der Waals surface area contributed by atoms with Crippen LogP contribution >= 0.6 is 15.9 Å². The molecule has 0 fully saturated rings. The van der Waals surface area contributed by atoms with E-state index in [0.717, 1.165) is 0 Å². The highest BCUT2D eigenvalue weighted by molar-refractivity contribution is 9.10. The van der Waals surface area contributed by atoms with Gasteiger partial charge in [0.2, 0.25) is 5.91 Å². The van der Waals surface area contributed by atoms with Crippen LogP contribution in [0.1, 0.15) is 17.3 Å². The predicted molar refractivity (Wildman–Crippen MR) is 65.1 cm³/mol. The largest absolute Gasteiger partial charge is 0.355 e. The monoisotopic (exact) mass is 302 g/mol. The van der Waals surface area contributed by atoms with Crippen molar-refractivity contribution in [3.63, 3.8) is 0 Å². The number of nitrogens with one attached hydrogen (secondary N) is 2. The maximum absolute atomic E-state index is 13.5. The highest BCUT2D eigenvalue weighted by atomic mass is 79.9. The molecule has 1 rings (SSSR count). The number of hydrogen-bond donors (Lipinski definition) is 2. The molecule has 0 spiro atoms.